The van der Waals surface area contributed by atoms with E-state index in [0.717, 1.165) is 16.7 Å². The molecule has 4 nitrogen and oxygen atoms in total. The molecule has 3 aromatic rings. The van der Waals surface area contributed by atoms with Crippen molar-refractivity contribution in [3.8, 4) is 16.9 Å². The van der Waals surface area contributed by atoms with Gasteiger partial charge in [-0.3, -0.25) is 4.31 Å². The van der Waals surface area contributed by atoms with Crippen molar-refractivity contribution in [3.05, 3.63) is 78.4 Å². The maximum atomic E-state index is 13.4. The normalized spacial score (nSPS) is 16.2. The fourth-order valence-corrected chi connectivity index (χ4v) is 5.20. The molecular weight excluding hydrogens is 334 g/mol. The molecule has 0 radical (unpaired) electrons. The molecule has 0 fully saturated rings. The highest BCUT2D eigenvalue weighted by atomic mass is 32.2. The summed E-state index contributed by atoms with van der Waals surface area (Å²) in [5, 5.41) is 10.1. The number of nitrogens with zero attached hydrogens (tertiary/aromatic N) is 1. The first-order valence-electron chi connectivity index (χ1n) is 8.02. The summed E-state index contributed by atoms with van der Waals surface area (Å²) in [5.74, 6) is -0.244. The molecule has 1 aliphatic rings. The van der Waals surface area contributed by atoms with Crippen LogP contribution in [-0.2, 0) is 10.0 Å². The molecule has 3 aromatic carbocycles. The quantitative estimate of drug-likeness (QED) is 0.748. The number of benzene rings is 3. The molecule has 0 aromatic heterocycles. The molecule has 1 unspecified atom stereocenters. The summed E-state index contributed by atoms with van der Waals surface area (Å²) in [5.41, 5.74) is 3.47. The van der Waals surface area contributed by atoms with Gasteiger partial charge in [0.05, 0.1) is 11.7 Å². The lowest BCUT2D eigenvalue weighted by molar-refractivity contribution is 0.458. The highest BCUT2D eigenvalue weighted by Gasteiger charge is 2.37. The maximum Gasteiger partial charge on any atom is 0.268 e. The van der Waals surface area contributed by atoms with Crippen LogP contribution >= 0.6 is 0 Å². The molecule has 5 heteroatoms. The molecule has 0 saturated heterocycles. The van der Waals surface area contributed by atoms with Gasteiger partial charge in [0.25, 0.3) is 10.0 Å². The van der Waals surface area contributed by atoms with E-state index in [-0.39, 0.29) is 16.7 Å². The third kappa shape index (κ3) is 2.31. The van der Waals surface area contributed by atoms with E-state index in [1.54, 1.807) is 18.2 Å². The summed E-state index contributed by atoms with van der Waals surface area (Å²) >= 11 is 0. The average molecular weight is 351 g/mol. The van der Waals surface area contributed by atoms with Gasteiger partial charge in [0.2, 0.25) is 0 Å². The zero-order valence-corrected chi connectivity index (χ0v) is 14.4. The van der Waals surface area contributed by atoms with Crippen LogP contribution in [0.25, 0.3) is 11.1 Å². The SMILES string of the molecule is CC1c2ccccc2-c2ccccc2N1S(=O)(=O)c1ccccc1O. The van der Waals surface area contributed by atoms with Crippen LogP contribution in [0.4, 0.5) is 5.69 Å². The van der Waals surface area contributed by atoms with E-state index in [0.29, 0.717) is 5.69 Å². The van der Waals surface area contributed by atoms with Gasteiger partial charge in [-0.15, -0.1) is 0 Å². The van der Waals surface area contributed by atoms with Gasteiger partial charge in [-0.2, -0.15) is 0 Å². The van der Waals surface area contributed by atoms with Crippen molar-refractivity contribution in [2.24, 2.45) is 0 Å². The Bertz CT molecular complexity index is 1060. The molecule has 0 bridgehead atoms. The summed E-state index contributed by atoms with van der Waals surface area (Å²) < 4.78 is 28.1. The molecule has 1 aliphatic heterocycles. The molecule has 1 atom stereocenters. The third-order valence-electron chi connectivity index (χ3n) is 4.60. The van der Waals surface area contributed by atoms with Gasteiger partial charge in [-0.05, 0) is 36.2 Å². The first kappa shape index (κ1) is 15.7. The number of aromatic hydroxyl groups is 1. The van der Waals surface area contributed by atoms with Gasteiger partial charge in [-0.1, -0.05) is 54.6 Å². The van der Waals surface area contributed by atoms with Gasteiger partial charge < -0.3 is 5.11 Å². The Morgan fingerprint density at radius 3 is 2.20 bits per heavy atom. The number of phenols is 1. The highest BCUT2D eigenvalue weighted by molar-refractivity contribution is 7.93. The lowest BCUT2D eigenvalue weighted by atomic mass is 9.90. The minimum atomic E-state index is -3.91. The Morgan fingerprint density at radius 2 is 1.44 bits per heavy atom. The van der Waals surface area contributed by atoms with Crippen LogP contribution in [0.15, 0.2) is 77.7 Å². The molecule has 0 spiro atoms. The average Bonchev–Trinajstić information content (AvgIpc) is 2.62. The topological polar surface area (TPSA) is 57.6 Å². The summed E-state index contributed by atoms with van der Waals surface area (Å²) in [6.07, 6.45) is 0. The number of rotatable bonds is 2. The van der Waals surface area contributed by atoms with Gasteiger partial charge in [-0.25, -0.2) is 8.42 Å². The fourth-order valence-electron chi connectivity index (χ4n) is 3.45. The molecule has 126 valence electrons. The van der Waals surface area contributed by atoms with Gasteiger partial charge in [0.15, 0.2) is 0 Å². The van der Waals surface area contributed by atoms with E-state index >= 15 is 0 Å². The van der Waals surface area contributed by atoms with Crippen molar-refractivity contribution < 1.29 is 13.5 Å². The molecule has 1 N–H and O–H groups in total. The van der Waals surface area contributed by atoms with Crippen molar-refractivity contribution in [3.63, 3.8) is 0 Å². The number of hydrogen-bond donors (Lipinski definition) is 1. The van der Waals surface area contributed by atoms with E-state index in [1.165, 1.54) is 16.4 Å². The molecule has 4 rings (SSSR count). The lowest BCUT2D eigenvalue weighted by Gasteiger charge is -2.37. The molecule has 0 saturated carbocycles. The largest absolute Gasteiger partial charge is 0.507 e. The van der Waals surface area contributed by atoms with Crippen molar-refractivity contribution in [1.82, 2.24) is 0 Å². The third-order valence-corrected chi connectivity index (χ3v) is 6.53. The minimum absolute atomic E-state index is 0.0870. The van der Waals surface area contributed by atoms with Crippen LogP contribution in [0, 0.1) is 0 Å². The first-order valence-corrected chi connectivity index (χ1v) is 9.46. The number of para-hydroxylation sites is 2. The standard InChI is InChI=1S/C20H17NO3S/c1-14-15-8-2-3-9-16(15)17-10-4-5-11-18(17)21(14)25(23,24)20-13-7-6-12-19(20)22/h2-14,22H,1H3. The van der Waals surface area contributed by atoms with Crippen LogP contribution in [0.1, 0.15) is 18.5 Å². The predicted octanol–water partition coefficient (Wildman–Crippen LogP) is 4.33. The van der Waals surface area contributed by atoms with E-state index in [1.807, 2.05) is 49.4 Å². The monoisotopic (exact) mass is 351 g/mol. The molecule has 25 heavy (non-hydrogen) atoms. The highest BCUT2D eigenvalue weighted by Crippen LogP contribution is 2.47. The van der Waals surface area contributed by atoms with Crippen LogP contribution in [-0.4, -0.2) is 13.5 Å². The fraction of sp³-hybridized carbons (Fsp3) is 0.100. The van der Waals surface area contributed by atoms with E-state index in [9.17, 15) is 13.5 Å². The van der Waals surface area contributed by atoms with E-state index in [4.69, 9.17) is 0 Å². The summed E-state index contributed by atoms with van der Waals surface area (Å²) in [6.45, 7) is 1.87. The minimum Gasteiger partial charge on any atom is -0.507 e. The van der Waals surface area contributed by atoms with Gasteiger partial charge in [0.1, 0.15) is 10.6 Å². The summed E-state index contributed by atoms with van der Waals surface area (Å²) in [7, 11) is -3.91. The zero-order chi connectivity index (χ0) is 17.6. The molecule has 0 amide bonds. The second-order valence-corrected chi connectivity index (χ2v) is 7.83. The summed E-state index contributed by atoms with van der Waals surface area (Å²) in [4.78, 5) is -0.0870. The lowest BCUT2D eigenvalue weighted by Crippen LogP contribution is -2.36. The van der Waals surface area contributed by atoms with Crippen LogP contribution < -0.4 is 4.31 Å². The van der Waals surface area contributed by atoms with Crippen LogP contribution in [0.3, 0.4) is 0 Å². The number of phenolic OH excluding ortho intramolecular Hbond substituents is 1. The Kier molecular flexibility index (Phi) is 3.54. The second-order valence-electron chi connectivity index (χ2n) is 6.05. The van der Waals surface area contributed by atoms with Crippen molar-refractivity contribution in [2.75, 3.05) is 4.31 Å². The summed E-state index contributed by atoms with van der Waals surface area (Å²) in [6, 6.07) is 20.9. The smallest absolute Gasteiger partial charge is 0.268 e. The second kappa shape index (κ2) is 5.63. The number of hydrogen-bond acceptors (Lipinski definition) is 3. The van der Waals surface area contributed by atoms with E-state index in [2.05, 4.69) is 0 Å². The van der Waals surface area contributed by atoms with Crippen molar-refractivity contribution >= 4 is 15.7 Å². The van der Waals surface area contributed by atoms with Crippen molar-refractivity contribution in [2.45, 2.75) is 17.9 Å². The van der Waals surface area contributed by atoms with Gasteiger partial charge in [0, 0.05) is 5.56 Å². The Balaban J connectivity index is 1.99. The Morgan fingerprint density at radius 1 is 0.840 bits per heavy atom. The Labute approximate surface area is 147 Å². The van der Waals surface area contributed by atoms with Gasteiger partial charge >= 0.3 is 0 Å². The molecule has 1 heterocycles. The van der Waals surface area contributed by atoms with Crippen LogP contribution in [0.2, 0.25) is 0 Å². The molecule has 0 aliphatic carbocycles. The predicted molar refractivity (Wildman–Crippen MR) is 98.1 cm³/mol. The zero-order valence-electron chi connectivity index (χ0n) is 13.6. The number of fused-ring (bicyclic) bond motifs is 3. The van der Waals surface area contributed by atoms with Crippen LogP contribution in [0.5, 0.6) is 5.75 Å². The first-order chi connectivity index (χ1) is 12.0. The molecular formula is C20H17NO3S. The number of anilines is 1. The Hall–Kier alpha value is -2.79. The number of sulfonamides is 1. The maximum absolute atomic E-state index is 13.4. The van der Waals surface area contributed by atoms with E-state index < -0.39 is 10.0 Å². The van der Waals surface area contributed by atoms with Crippen molar-refractivity contribution in [1.29, 1.82) is 0 Å².